The average Bonchev–Trinajstić information content (AvgIpc) is 2.67. The Hall–Kier alpha value is -2.37. The number of nitrogens with zero attached hydrogens (tertiary/aromatic N) is 2. The zero-order valence-corrected chi connectivity index (χ0v) is 14.4. The standard InChI is InChI=1S/C18H24N2O4/c1-13(2)11-18(12-15(21)22)16(23)20(17(24)19(18)3)10-9-14-7-5-4-6-8-14/h4-8,13H,9-12H2,1-3H3,(H,21,22). The summed E-state index contributed by atoms with van der Waals surface area (Å²) in [6.45, 7) is 4.09. The van der Waals surface area contributed by atoms with Crippen LogP contribution in [-0.2, 0) is 16.0 Å². The molecule has 1 saturated heterocycles. The highest BCUT2D eigenvalue weighted by atomic mass is 16.4. The minimum absolute atomic E-state index is 0.0950. The number of hydrogen-bond acceptors (Lipinski definition) is 3. The number of imide groups is 1. The van der Waals surface area contributed by atoms with E-state index < -0.39 is 23.4 Å². The Bertz CT molecular complexity index is 629. The van der Waals surface area contributed by atoms with Crippen LogP contribution in [0.3, 0.4) is 0 Å². The topological polar surface area (TPSA) is 77.9 Å². The van der Waals surface area contributed by atoms with E-state index in [1.165, 1.54) is 16.8 Å². The maximum Gasteiger partial charge on any atom is 0.327 e. The molecule has 1 aromatic rings. The highest BCUT2D eigenvalue weighted by Crippen LogP contribution is 2.35. The van der Waals surface area contributed by atoms with Crippen molar-refractivity contribution in [1.82, 2.24) is 9.80 Å². The number of carbonyl (C=O) groups excluding carboxylic acids is 2. The smallest absolute Gasteiger partial charge is 0.327 e. The molecule has 0 bridgehead atoms. The lowest BCUT2D eigenvalue weighted by Crippen LogP contribution is -2.50. The summed E-state index contributed by atoms with van der Waals surface area (Å²) in [5, 5.41) is 9.26. The molecular formula is C18H24N2O4. The first-order valence-electron chi connectivity index (χ1n) is 8.13. The van der Waals surface area contributed by atoms with Gasteiger partial charge in [-0.2, -0.15) is 0 Å². The van der Waals surface area contributed by atoms with Crippen molar-refractivity contribution in [2.24, 2.45) is 5.92 Å². The van der Waals surface area contributed by atoms with Gasteiger partial charge in [0.1, 0.15) is 5.54 Å². The van der Waals surface area contributed by atoms with Gasteiger partial charge in [-0.15, -0.1) is 0 Å². The number of carboxylic acids is 1. The van der Waals surface area contributed by atoms with Gasteiger partial charge in [-0.1, -0.05) is 44.2 Å². The molecule has 0 aliphatic carbocycles. The maximum absolute atomic E-state index is 12.9. The number of aliphatic carboxylic acids is 1. The largest absolute Gasteiger partial charge is 0.481 e. The fraction of sp³-hybridized carbons (Fsp3) is 0.500. The van der Waals surface area contributed by atoms with E-state index >= 15 is 0 Å². The van der Waals surface area contributed by atoms with E-state index in [0.717, 1.165) is 5.56 Å². The lowest BCUT2D eigenvalue weighted by molar-refractivity contribution is -0.145. The molecule has 3 amide bonds. The van der Waals surface area contributed by atoms with Crippen LogP contribution in [0.2, 0.25) is 0 Å². The van der Waals surface area contributed by atoms with Crippen LogP contribution in [0.1, 0.15) is 32.3 Å². The number of rotatable bonds is 7. The maximum atomic E-state index is 12.9. The first-order chi connectivity index (χ1) is 11.3. The van der Waals surface area contributed by atoms with Gasteiger partial charge in [-0.05, 0) is 24.3 Å². The molecule has 0 aromatic heterocycles. The molecule has 0 saturated carbocycles. The van der Waals surface area contributed by atoms with Crippen molar-refractivity contribution in [3.8, 4) is 0 Å². The first-order valence-corrected chi connectivity index (χ1v) is 8.13. The van der Waals surface area contributed by atoms with Gasteiger partial charge in [0.2, 0.25) is 0 Å². The van der Waals surface area contributed by atoms with E-state index in [0.29, 0.717) is 12.8 Å². The average molecular weight is 332 g/mol. The lowest BCUT2D eigenvalue weighted by atomic mass is 9.84. The summed E-state index contributed by atoms with van der Waals surface area (Å²) in [6, 6.07) is 9.17. The van der Waals surface area contributed by atoms with E-state index in [1.807, 2.05) is 44.2 Å². The summed E-state index contributed by atoms with van der Waals surface area (Å²) < 4.78 is 0. The number of likely N-dealkylation sites (N-methyl/N-ethyl adjacent to an activating group) is 1. The molecule has 1 unspecified atom stereocenters. The van der Waals surface area contributed by atoms with Crippen molar-refractivity contribution in [3.05, 3.63) is 35.9 Å². The second kappa shape index (κ2) is 7.03. The van der Waals surface area contributed by atoms with E-state index in [-0.39, 0.29) is 18.9 Å². The number of hydrogen-bond donors (Lipinski definition) is 1. The van der Waals surface area contributed by atoms with Gasteiger partial charge < -0.3 is 10.0 Å². The van der Waals surface area contributed by atoms with E-state index in [4.69, 9.17) is 0 Å². The van der Waals surface area contributed by atoms with E-state index in [1.54, 1.807) is 0 Å². The van der Waals surface area contributed by atoms with Crippen LogP contribution in [0.4, 0.5) is 4.79 Å². The third-order valence-corrected chi connectivity index (χ3v) is 4.46. The van der Waals surface area contributed by atoms with Gasteiger partial charge in [0.05, 0.1) is 6.42 Å². The number of carboxylic acid groups (broad SMARTS) is 1. The molecule has 24 heavy (non-hydrogen) atoms. The Balaban J connectivity index is 2.23. The molecule has 130 valence electrons. The second-order valence-corrected chi connectivity index (χ2v) is 6.73. The Morgan fingerprint density at radius 2 is 1.83 bits per heavy atom. The summed E-state index contributed by atoms with van der Waals surface area (Å²) >= 11 is 0. The normalized spacial score (nSPS) is 21.0. The molecule has 2 rings (SSSR count). The third-order valence-electron chi connectivity index (χ3n) is 4.46. The minimum atomic E-state index is -1.28. The molecule has 1 heterocycles. The van der Waals surface area contributed by atoms with E-state index in [2.05, 4.69) is 0 Å². The van der Waals surface area contributed by atoms with E-state index in [9.17, 15) is 19.5 Å². The molecule has 0 radical (unpaired) electrons. The summed E-state index contributed by atoms with van der Waals surface area (Å²) in [5.74, 6) is -1.38. The van der Waals surface area contributed by atoms with Crippen LogP contribution in [0.25, 0.3) is 0 Å². The van der Waals surface area contributed by atoms with Gasteiger partial charge in [0.25, 0.3) is 5.91 Å². The van der Waals surface area contributed by atoms with Gasteiger partial charge in [0.15, 0.2) is 0 Å². The Labute approximate surface area is 142 Å². The number of amides is 3. The molecule has 0 spiro atoms. The quantitative estimate of drug-likeness (QED) is 0.778. The predicted molar refractivity (Wildman–Crippen MR) is 89.5 cm³/mol. The molecule has 1 atom stereocenters. The van der Waals surface area contributed by atoms with Gasteiger partial charge >= 0.3 is 12.0 Å². The van der Waals surface area contributed by atoms with Crippen LogP contribution in [0, 0.1) is 5.92 Å². The molecule has 1 N–H and O–H groups in total. The highest BCUT2D eigenvalue weighted by molar-refractivity contribution is 6.08. The summed E-state index contributed by atoms with van der Waals surface area (Å²) in [7, 11) is 1.52. The summed E-state index contributed by atoms with van der Waals surface area (Å²) in [4.78, 5) is 39.3. The lowest BCUT2D eigenvalue weighted by Gasteiger charge is -2.32. The molecule has 1 fully saturated rings. The van der Waals surface area contributed by atoms with Gasteiger partial charge in [-0.3, -0.25) is 14.5 Å². The third kappa shape index (κ3) is 3.42. The number of carbonyl (C=O) groups is 3. The van der Waals surface area contributed by atoms with Gasteiger partial charge in [-0.25, -0.2) is 4.79 Å². The fourth-order valence-corrected chi connectivity index (χ4v) is 3.34. The van der Waals surface area contributed by atoms with Crippen LogP contribution in [0.5, 0.6) is 0 Å². The zero-order valence-electron chi connectivity index (χ0n) is 14.4. The number of benzene rings is 1. The van der Waals surface area contributed by atoms with Crippen molar-refractivity contribution in [2.75, 3.05) is 13.6 Å². The molecule has 1 aliphatic heterocycles. The van der Waals surface area contributed by atoms with Crippen molar-refractivity contribution >= 4 is 17.9 Å². The fourth-order valence-electron chi connectivity index (χ4n) is 3.34. The highest BCUT2D eigenvalue weighted by Gasteiger charge is 2.56. The molecule has 1 aromatic carbocycles. The van der Waals surface area contributed by atoms with Gasteiger partial charge in [0, 0.05) is 13.6 Å². The molecule has 6 heteroatoms. The molecular weight excluding hydrogens is 308 g/mol. The monoisotopic (exact) mass is 332 g/mol. The van der Waals surface area contributed by atoms with Crippen molar-refractivity contribution in [3.63, 3.8) is 0 Å². The first kappa shape index (κ1) is 18.0. The minimum Gasteiger partial charge on any atom is -0.481 e. The van der Waals surface area contributed by atoms with Crippen LogP contribution < -0.4 is 0 Å². The molecule has 6 nitrogen and oxygen atoms in total. The van der Waals surface area contributed by atoms with Crippen molar-refractivity contribution in [1.29, 1.82) is 0 Å². The van der Waals surface area contributed by atoms with Crippen LogP contribution in [-0.4, -0.2) is 51.9 Å². The summed E-state index contributed by atoms with van der Waals surface area (Å²) in [5.41, 5.74) is -0.256. The Kier molecular flexibility index (Phi) is 5.26. The van der Waals surface area contributed by atoms with Crippen molar-refractivity contribution in [2.45, 2.75) is 38.6 Å². The Morgan fingerprint density at radius 1 is 1.21 bits per heavy atom. The Morgan fingerprint density at radius 3 is 2.38 bits per heavy atom. The molecule has 1 aliphatic rings. The van der Waals surface area contributed by atoms with Crippen LogP contribution >= 0.6 is 0 Å². The SMILES string of the molecule is CC(C)CC1(CC(=O)O)C(=O)N(CCc2ccccc2)C(=O)N1C. The second-order valence-electron chi connectivity index (χ2n) is 6.73. The number of urea groups is 1. The summed E-state index contributed by atoms with van der Waals surface area (Å²) in [6.07, 6.45) is 0.521. The van der Waals surface area contributed by atoms with Crippen molar-refractivity contribution < 1.29 is 19.5 Å². The zero-order chi connectivity index (χ0) is 17.9. The predicted octanol–water partition coefficient (Wildman–Crippen LogP) is 2.38. The van der Waals surface area contributed by atoms with Crippen LogP contribution in [0.15, 0.2) is 30.3 Å².